The molecule has 0 atom stereocenters. The lowest BCUT2D eigenvalue weighted by atomic mass is 10.0. The molecule has 0 unspecified atom stereocenters. The van der Waals surface area contributed by atoms with E-state index in [0.717, 1.165) is 13.1 Å². The summed E-state index contributed by atoms with van der Waals surface area (Å²) < 4.78 is 37.8. The Hall–Kier alpha value is -0.820. The molecule has 1 rings (SSSR count). The molecule has 1 heterocycles. The van der Waals surface area contributed by atoms with Gasteiger partial charge in [-0.05, 0) is 25.9 Å². The van der Waals surface area contributed by atoms with Crippen LogP contribution in [0.4, 0.5) is 13.2 Å². The van der Waals surface area contributed by atoms with Crippen LogP contribution in [-0.4, -0.2) is 68.2 Å². The third-order valence-electron chi connectivity index (χ3n) is 3.32. The van der Waals surface area contributed by atoms with Crippen molar-refractivity contribution in [1.29, 1.82) is 0 Å². The molecule has 0 aliphatic carbocycles. The molecule has 1 fully saturated rings. The van der Waals surface area contributed by atoms with Crippen molar-refractivity contribution in [3.63, 3.8) is 0 Å². The SMILES string of the molecule is CN(C)C(=O)CCN(CC(F)(F)F)C1CCNCC1. The number of nitrogens with one attached hydrogen (secondary N) is 1. The molecule has 0 aromatic carbocycles. The molecular formula is C12H22F3N3O. The topological polar surface area (TPSA) is 35.6 Å². The normalized spacial score (nSPS) is 17.8. The van der Waals surface area contributed by atoms with Gasteiger partial charge in [0, 0.05) is 33.1 Å². The third kappa shape index (κ3) is 6.24. The zero-order chi connectivity index (χ0) is 14.5. The highest BCUT2D eigenvalue weighted by Crippen LogP contribution is 2.21. The molecule has 0 bridgehead atoms. The summed E-state index contributed by atoms with van der Waals surface area (Å²) in [5.41, 5.74) is 0. The van der Waals surface area contributed by atoms with Crippen LogP contribution in [0.2, 0.25) is 0 Å². The second kappa shape index (κ2) is 7.09. The molecule has 0 radical (unpaired) electrons. The predicted molar refractivity (Wildman–Crippen MR) is 66.8 cm³/mol. The largest absolute Gasteiger partial charge is 0.401 e. The van der Waals surface area contributed by atoms with Crippen LogP contribution >= 0.6 is 0 Å². The van der Waals surface area contributed by atoms with Gasteiger partial charge in [0.05, 0.1) is 6.54 Å². The van der Waals surface area contributed by atoms with Crippen LogP contribution in [0, 0.1) is 0 Å². The maximum absolute atomic E-state index is 12.6. The summed E-state index contributed by atoms with van der Waals surface area (Å²) in [6.07, 6.45) is -2.68. The Bertz CT molecular complexity index is 288. The third-order valence-corrected chi connectivity index (χ3v) is 3.32. The van der Waals surface area contributed by atoms with Crippen molar-refractivity contribution >= 4 is 5.91 Å². The second-order valence-corrected chi connectivity index (χ2v) is 5.10. The summed E-state index contributed by atoms with van der Waals surface area (Å²) in [6, 6.07) is -0.0853. The average Bonchev–Trinajstić information content (AvgIpc) is 2.33. The molecule has 0 aromatic heterocycles. The number of alkyl halides is 3. The number of amides is 1. The minimum atomic E-state index is -4.22. The number of carbonyl (C=O) groups is 1. The lowest BCUT2D eigenvalue weighted by Gasteiger charge is -2.35. The van der Waals surface area contributed by atoms with Gasteiger partial charge in [-0.15, -0.1) is 0 Å². The van der Waals surface area contributed by atoms with Crippen molar-refractivity contribution in [3.8, 4) is 0 Å². The van der Waals surface area contributed by atoms with E-state index in [0.29, 0.717) is 12.8 Å². The van der Waals surface area contributed by atoms with Crippen molar-refractivity contribution in [1.82, 2.24) is 15.1 Å². The fourth-order valence-electron chi connectivity index (χ4n) is 2.26. The van der Waals surface area contributed by atoms with Crippen LogP contribution in [0.1, 0.15) is 19.3 Å². The Balaban J connectivity index is 2.55. The van der Waals surface area contributed by atoms with E-state index in [1.807, 2.05) is 0 Å². The van der Waals surface area contributed by atoms with E-state index >= 15 is 0 Å². The molecule has 112 valence electrons. The molecule has 7 heteroatoms. The van der Waals surface area contributed by atoms with Crippen LogP contribution < -0.4 is 5.32 Å². The van der Waals surface area contributed by atoms with Gasteiger partial charge in [0.15, 0.2) is 0 Å². The van der Waals surface area contributed by atoms with Gasteiger partial charge in [-0.25, -0.2) is 0 Å². The summed E-state index contributed by atoms with van der Waals surface area (Å²) in [4.78, 5) is 14.3. The number of hydrogen-bond acceptors (Lipinski definition) is 3. The summed E-state index contributed by atoms with van der Waals surface area (Å²) in [6.45, 7) is 0.709. The molecule has 0 saturated carbocycles. The summed E-state index contributed by atoms with van der Waals surface area (Å²) >= 11 is 0. The van der Waals surface area contributed by atoms with Gasteiger partial charge in [0.1, 0.15) is 0 Å². The first-order valence-corrected chi connectivity index (χ1v) is 6.51. The number of piperidine rings is 1. The Kier molecular flexibility index (Phi) is 6.06. The molecule has 0 spiro atoms. The van der Waals surface area contributed by atoms with Crippen molar-refractivity contribution in [2.75, 3.05) is 40.3 Å². The van der Waals surface area contributed by atoms with Crippen LogP contribution in [-0.2, 0) is 4.79 Å². The first-order valence-electron chi connectivity index (χ1n) is 6.51. The minimum absolute atomic E-state index is 0.0853. The molecule has 1 amide bonds. The molecule has 4 nitrogen and oxygen atoms in total. The lowest BCUT2D eigenvalue weighted by molar-refractivity contribution is -0.153. The summed E-state index contributed by atoms with van der Waals surface area (Å²) in [5, 5.41) is 3.13. The van der Waals surface area contributed by atoms with E-state index < -0.39 is 12.7 Å². The van der Waals surface area contributed by atoms with Crippen molar-refractivity contribution in [2.45, 2.75) is 31.5 Å². The van der Waals surface area contributed by atoms with Gasteiger partial charge in [0.2, 0.25) is 5.91 Å². The highest BCUT2D eigenvalue weighted by molar-refractivity contribution is 5.75. The zero-order valence-electron chi connectivity index (χ0n) is 11.5. The Morgan fingerprint density at radius 3 is 2.32 bits per heavy atom. The van der Waals surface area contributed by atoms with E-state index in [2.05, 4.69) is 5.32 Å². The number of rotatable bonds is 5. The van der Waals surface area contributed by atoms with Gasteiger partial charge in [-0.3, -0.25) is 9.69 Å². The highest BCUT2D eigenvalue weighted by atomic mass is 19.4. The quantitative estimate of drug-likeness (QED) is 0.819. The second-order valence-electron chi connectivity index (χ2n) is 5.10. The Morgan fingerprint density at radius 2 is 1.84 bits per heavy atom. The first-order chi connectivity index (χ1) is 8.79. The van der Waals surface area contributed by atoms with E-state index in [1.54, 1.807) is 14.1 Å². The van der Waals surface area contributed by atoms with Crippen LogP contribution in [0.15, 0.2) is 0 Å². The van der Waals surface area contributed by atoms with Gasteiger partial charge in [0.25, 0.3) is 0 Å². The van der Waals surface area contributed by atoms with E-state index in [9.17, 15) is 18.0 Å². The highest BCUT2D eigenvalue weighted by Gasteiger charge is 2.34. The van der Waals surface area contributed by atoms with Crippen LogP contribution in [0.25, 0.3) is 0 Å². The van der Waals surface area contributed by atoms with Gasteiger partial charge in [-0.2, -0.15) is 13.2 Å². The standard InChI is InChI=1S/C12H22F3N3O/c1-17(2)11(19)5-8-18(9-12(13,14)15)10-3-6-16-7-4-10/h10,16H,3-9H2,1-2H3. The van der Waals surface area contributed by atoms with Gasteiger partial charge < -0.3 is 10.2 Å². The fourth-order valence-corrected chi connectivity index (χ4v) is 2.26. The van der Waals surface area contributed by atoms with Crippen LogP contribution in [0.5, 0.6) is 0 Å². The molecule has 1 saturated heterocycles. The van der Waals surface area contributed by atoms with Gasteiger partial charge >= 0.3 is 6.18 Å². The predicted octanol–water partition coefficient (Wildman–Crippen LogP) is 1.08. The smallest absolute Gasteiger partial charge is 0.349 e. The summed E-state index contributed by atoms with van der Waals surface area (Å²) in [7, 11) is 3.22. The van der Waals surface area contributed by atoms with Crippen LogP contribution in [0.3, 0.4) is 0 Å². The van der Waals surface area contributed by atoms with E-state index in [4.69, 9.17) is 0 Å². The fraction of sp³-hybridized carbons (Fsp3) is 0.917. The Morgan fingerprint density at radius 1 is 1.26 bits per heavy atom. The molecular weight excluding hydrogens is 259 g/mol. The maximum atomic E-state index is 12.6. The number of hydrogen-bond donors (Lipinski definition) is 1. The lowest BCUT2D eigenvalue weighted by Crippen LogP contribution is -2.47. The van der Waals surface area contributed by atoms with E-state index in [1.165, 1.54) is 9.80 Å². The van der Waals surface area contributed by atoms with Crippen molar-refractivity contribution < 1.29 is 18.0 Å². The molecule has 0 aromatic rings. The molecule has 19 heavy (non-hydrogen) atoms. The molecule has 1 aliphatic heterocycles. The Labute approximate surface area is 111 Å². The number of nitrogens with zero attached hydrogens (tertiary/aromatic N) is 2. The van der Waals surface area contributed by atoms with Crippen molar-refractivity contribution in [2.24, 2.45) is 0 Å². The molecule has 1 N–H and O–H groups in total. The summed E-state index contributed by atoms with van der Waals surface area (Å²) in [5.74, 6) is -0.138. The molecule has 1 aliphatic rings. The van der Waals surface area contributed by atoms with Gasteiger partial charge in [-0.1, -0.05) is 0 Å². The minimum Gasteiger partial charge on any atom is -0.349 e. The van der Waals surface area contributed by atoms with E-state index in [-0.39, 0.29) is 24.9 Å². The first kappa shape index (κ1) is 16.2. The number of halogens is 3. The number of carbonyl (C=O) groups excluding carboxylic acids is 1. The maximum Gasteiger partial charge on any atom is 0.401 e. The average molecular weight is 281 g/mol. The monoisotopic (exact) mass is 281 g/mol. The van der Waals surface area contributed by atoms with Crippen molar-refractivity contribution in [3.05, 3.63) is 0 Å². The zero-order valence-corrected chi connectivity index (χ0v) is 11.5.